The van der Waals surface area contributed by atoms with Crippen LogP contribution in [0, 0.1) is 12.7 Å². The minimum absolute atomic E-state index is 0.362. The Morgan fingerprint density at radius 2 is 2.11 bits per heavy atom. The molecule has 0 radical (unpaired) electrons. The molecule has 0 bridgehead atoms. The van der Waals surface area contributed by atoms with Gasteiger partial charge in [0, 0.05) is 7.05 Å². The number of halogens is 1. The molecule has 0 fully saturated rings. The van der Waals surface area contributed by atoms with E-state index in [4.69, 9.17) is 0 Å². The van der Waals surface area contributed by atoms with Crippen molar-refractivity contribution in [2.75, 3.05) is 0 Å². The quantitative estimate of drug-likeness (QED) is 0.928. The van der Waals surface area contributed by atoms with Crippen molar-refractivity contribution in [2.24, 2.45) is 7.05 Å². The minimum Gasteiger partial charge on any atom is -0.389 e. The van der Waals surface area contributed by atoms with Crippen LogP contribution in [0.15, 0.2) is 28.3 Å². The fraction of sp³-hybridized carbons (Fsp3) is 0.333. The molecule has 1 heterocycles. The van der Waals surface area contributed by atoms with E-state index in [9.17, 15) is 9.50 Å². The Morgan fingerprint density at radius 1 is 1.39 bits per heavy atom. The summed E-state index contributed by atoms with van der Waals surface area (Å²) >= 11 is 1.17. The van der Waals surface area contributed by atoms with E-state index in [1.807, 2.05) is 14.0 Å². The molecule has 0 aliphatic carbocycles. The van der Waals surface area contributed by atoms with Crippen molar-refractivity contribution >= 4 is 11.8 Å². The topological polar surface area (TPSA) is 50.9 Å². The summed E-state index contributed by atoms with van der Waals surface area (Å²) in [5.74, 6) is 0.395. The molecule has 6 heteroatoms. The van der Waals surface area contributed by atoms with Gasteiger partial charge in [-0.15, -0.1) is 10.2 Å². The number of aryl methyl sites for hydroxylation is 1. The normalized spacial score (nSPS) is 12.7. The highest BCUT2D eigenvalue weighted by molar-refractivity contribution is 7.99. The number of aliphatic hydroxyl groups is 1. The molecule has 0 saturated heterocycles. The van der Waals surface area contributed by atoms with E-state index in [1.54, 1.807) is 23.6 Å². The maximum atomic E-state index is 13.8. The highest BCUT2D eigenvalue weighted by atomic mass is 32.2. The van der Waals surface area contributed by atoms with Crippen molar-refractivity contribution in [3.05, 3.63) is 35.4 Å². The third kappa shape index (κ3) is 2.39. The molecule has 4 nitrogen and oxygen atoms in total. The molecule has 0 unspecified atom stereocenters. The van der Waals surface area contributed by atoms with Crippen molar-refractivity contribution in [1.29, 1.82) is 0 Å². The molecule has 1 aromatic carbocycles. The molecule has 2 aromatic rings. The number of benzene rings is 1. The van der Waals surface area contributed by atoms with Crippen LogP contribution in [0.2, 0.25) is 0 Å². The first-order valence-electron chi connectivity index (χ1n) is 5.51. The van der Waals surface area contributed by atoms with Gasteiger partial charge in [-0.3, -0.25) is 0 Å². The summed E-state index contributed by atoms with van der Waals surface area (Å²) in [5, 5.41) is 18.2. The Hall–Kier alpha value is -1.40. The monoisotopic (exact) mass is 267 g/mol. The van der Waals surface area contributed by atoms with Crippen LogP contribution >= 0.6 is 11.8 Å². The van der Waals surface area contributed by atoms with Crippen LogP contribution in [0.25, 0.3) is 0 Å². The van der Waals surface area contributed by atoms with Crippen LogP contribution in [0.4, 0.5) is 4.39 Å². The fourth-order valence-corrected chi connectivity index (χ4v) is 2.59. The first-order valence-corrected chi connectivity index (χ1v) is 6.32. The van der Waals surface area contributed by atoms with Crippen molar-refractivity contribution in [3.8, 4) is 0 Å². The smallest absolute Gasteiger partial charge is 0.195 e. The van der Waals surface area contributed by atoms with Gasteiger partial charge >= 0.3 is 0 Å². The van der Waals surface area contributed by atoms with E-state index in [2.05, 4.69) is 10.2 Å². The second kappa shape index (κ2) is 5.07. The molecule has 2 rings (SSSR count). The standard InChI is InChI=1S/C12H14FN3OS/c1-7(17)9-5-4-6-10(13)11(9)18-12-15-14-8(2)16(12)3/h4-7,17H,1-3H3/t7-/m0/s1. The predicted molar refractivity (Wildman–Crippen MR) is 66.9 cm³/mol. The molecule has 18 heavy (non-hydrogen) atoms. The van der Waals surface area contributed by atoms with Crippen LogP contribution < -0.4 is 0 Å². The lowest BCUT2D eigenvalue weighted by Crippen LogP contribution is -1.99. The van der Waals surface area contributed by atoms with Crippen LogP contribution in [0.1, 0.15) is 24.4 Å². The summed E-state index contributed by atoms with van der Waals surface area (Å²) in [6.07, 6.45) is -0.725. The molecule has 1 atom stereocenters. The molecule has 0 spiro atoms. The van der Waals surface area contributed by atoms with Crippen molar-refractivity contribution < 1.29 is 9.50 Å². The summed E-state index contributed by atoms with van der Waals surface area (Å²) in [4.78, 5) is 0.392. The lowest BCUT2D eigenvalue weighted by atomic mass is 10.1. The Kier molecular flexibility index (Phi) is 3.68. The van der Waals surface area contributed by atoms with Gasteiger partial charge < -0.3 is 9.67 Å². The van der Waals surface area contributed by atoms with Gasteiger partial charge in [-0.25, -0.2) is 4.39 Å². The van der Waals surface area contributed by atoms with Gasteiger partial charge in [0.1, 0.15) is 11.6 Å². The predicted octanol–water partition coefficient (Wildman–Crippen LogP) is 2.47. The highest BCUT2D eigenvalue weighted by Crippen LogP contribution is 2.34. The maximum Gasteiger partial charge on any atom is 0.195 e. The molecule has 1 aromatic heterocycles. The second-order valence-corrected chi connectivity index (χ2v) is 5.00. The average molecular weight is 267 g/mol. The molecule has 1 N–H and O–H groups in total. The SMILES string of the molecule is Cc1nnc(Sc2c(F)cccc2[C@H](C)O)n1C. The summed E-state index contributed by atoms with van der Waals surface area (Å²) in [5.41, 5.74) is 0.556. The zero-order valence-electron chi connectivity index (χ0n) is 10.4. The average Bonchev–Trinajstić information content (AvgIpc) is 2.63. The molecule has 0 aliphatic rings. The molecule has 0 saturated carbocycles. The third-order valence-corrected chi connectivity index (χ3v) is 3.87. The van der Waals surface area contributed by atoms with Crippen LogP contribution in [0.3, 0.4) is 0 Å². The lowest BCUT2D eigenvalue weighted by molar-refractivity contribution is 0.195. The number of aliphatic hydroxyl groups excluding tert-OH is 1. The molecular formula is C12H14FN3OS. The maximum absolute atomic E-state index is 13.8. The molecule has 0 amide bonds. The Bertz CT molecular complexity index is 568. The van der Waals surface area contributed by atoms with Gasteiger partial charge in [-0.1, -0.05) is 12.1 Å². The van der Waals surface area contributed by atoms with E-state index < -0.39 is 6.10 Å². The van der Waals surface area contributed by atoms with E-state index in [1.165, 1.54) is 17.8 Å². The van der Waals surface area contributed by atoms with E-state index in [-0.39, 0.29) is 5.82 Å². The summed E-state index contributed by atoms with van der Waals surface area (Å²) in [7, 11) is 1.82. The Morgan fingerprint density at radius 3 is 2.67 bits per heavy atom. The van der Waals surface area contributed by atoms with Gasteiger partial charge in [0.2, 0.25) is 0 Å². The van der Waals surface area contributed by atoms with Gasteiger partial charge in [0.15, 0.2) is 5.16 Å². The largest absolute Gasteiger partial charge is 0.389 e. The number of rotatable bonds is 3. The van der Waals surface area contributed by atoms with Crippen LogP contribution in [-0.2, 0) is 7.05 Å². The van der Waals surface area contributed by atoms with Crippen molar-refractivity contribution in [3.63, 3.8) is 0 Å². The Balaban J connectivity index is 2.42. The number of hydrogen-bond donors (Lipinski definition) is 1. The van der Waals surface area contributed by atoms with Gasteiger partial charge in [-0.05, 0) is 37.2 Å². The van der Waals surface area contributed by atoms with Gasteiger partial charge in [0.05, 0.1) is 11.0 Å². The fourth-order valence-electron chi connectivity index (χ4n) is 1.53. The molecule has 0 aliphatic heterocycles. The molecule has 96 valence electrons. The van der Waals surface area contributed by atoms with Gasteiger partial charge in [-0.2, -0.15) is 0 Å². The zero-order valence-corrected chi connectivity index (χ0v) is 11.2. The van der Waals surface area contributed by atoms with E-state index in [0.29, 0.717) is 15.6 Å². The van der Waals surface area contributed by atoms with E-state index >= 15 is 0 Å². The minimum atomic E-state index is -0.725. The second-order valence-electron chi connectivity index (χ2n) is 4.03. The first kappa shape index (κ1) is 13.0. The van der Waals surface area contributed by atoms with Crippen LogP contribution in [-0.4, -0.2) is 19.9 Å². The summed E-state index contributed by atoms with van der Waals surface area (Å²) < 4.78 is 15.6. The van der Waals surface area contributed by atoms with Crippen molar-refractivity contribution in [2.45, 2.75) is 30.0 Å². The lowest BCUT2D eigenvalue weighted by Gasteiger charge is -2.11. The van der Waals surface area contributed by atoms with Crippen LogP contribution in [0.5, 0.6) is 0 Å². The number of hydrogen-bond acceptors (Lipinski definition) is 4. The summed E-state index contributed by atoms with van der Waals surface area (Å²) in [6, 6.07) is 4.67. The molecular weight excluding hydrogens is 253 g/mol. The van der Waals surface area contributed by atoms with E-state index in [0.717, 1.165) is 5.82 Å². The Labute approximate surface area is 109 Å². The van der Waals surface area contributed by atoms with Gasteiger partial charge in [0.25, 0.3) is 0 Å². The van der Waals surface area contributed by atoms with Crippen molar-refractivity contribution in [1.82, 2.24) is 14.8 Å². The summed E-state index contributed by atoms with van der Waals surface area (Å²) in [6.45, 7) is 3.44. The third-order valence-electron chi connectivity index (χ3n) is 2.69. The number of aromatic nitrogens is 3. The zero-order chi connectivity index (χ0) is 13.3. The number of nitrogens with zero attached hydrogens (tertiary/aromatic N) is 3. The first-order chi connectivity index (χ1) is 8.50. The highest BCUT2D eigenvalue weighted by Gasteiger charge is 2.16.